The molecular formula is C13H15NO. The van der Waals surface area contributed by atoms with Crippen LogP contribution in [0.4, 0.5) is 0 Å². The van der Waals surface area contributed by atoms with Crippen molar-refractivity contribution in [2.24, 2.45) is 0 Å². The number of benzene rings is 1. The molecular weight excluding hydrogens is 186 g/mol. The highest BCUT2D eigenvalue weighted by molar-refractivity contribution is 5.21. The molecule has 1 unspecified atom stereocenters. The normalized spacial score (nSPS) is 19.5. The molecule has 78 valence electrons. The van der Waals surface area contributed by atoms with Gasteiger partial charge in [0, 0.05) is 0 Å². The Morgan fingerprint density at radius 2 is 2.07 bits per heavy atom. The highest BCUT2D eigenvalue weighted by Crippen LogP contribution is 2.08. The molecule has 0 radical (unpaired) electrons. The average Bonchev–Trinajstić information content (AvgIpc) is 2.28. The van der Waals surface area contributed by atoms with Crippen LogP contribution in [0.15, 0.2) is 54.3 Å². The van der Waals surface area contributed by atoms with Crippen molar-refractivity contribution in [3.05, 3.63) is 59.8 Å². The standard InChI is InChI=1S/C13H15NO/c1-11-7-8-14-13(9-11)15-10-12-5-3-2-4-6-12/h2-9,13-14H,10H2,1H3. The van der Waals surface area contributed by atoms with Crippen molar-refractivity contribution in [3.63, 3.8) is 0 Å². The zero-order valence-corrected chi connectivity index (χ0v) is 8.81. The van der Waals surface area contributed by atoms with Crippen molar-refractivity contribution >= 4 is 0 Å². The monoisotopic (exact) mass is 201 g/mol. The van der Waals surface area contributed by atoms with E-state index in [1.54, 1.807) is 0 Å². The molecule has 0 aromatic heterocycles. The molecule has 1 atom stereocenters. The Bertz CT molecular complexity index is 367. The fraction of sp³-hybridized carbons (Fsp3) is 0.231. The third-order valence-corrected chi connectivity index (χ3v) is 2.29. The molecule has 1 N–H and O–H groups in total. The average molecular weight is 201 g/mol. The van der Waals surface area contributed by atoms with E-state index in [-0.39, 0.29) is 6.23 Å². The van der Waals surface area contributed by atoms with E-state index in [9.17, 15) is 0 Å². The largest absolute Gasteiger partial charge is 0.363 e. The van der Waals surface area contributed by atoms with E-state index in [0.717, 1.165) is 0 Å². The summed E-state index contributed by atoms with van der Waals surface area (Å²) in [6.07, 6.45) is 6.02. The number of dihydropyridines is 1. The van der Waals surface area contributed by atoms with Crippen LogP contribution in [0, 0.1) is 0 Å². The topological polar surface area (TPSA) is 21.3 Å². The Kier molecular flexibility index (Phi) is 3.20. The first-order valence-corrected chi connectivity index (χ1v) is 5.11. The second kappa shape index (κ2) is 4.80. The fourth-order valence-corrected chi connectivity index (χ4v) is 1.47. The quantitative estimate of drug-likeness (QED) is 0.811. The van der Waals surface area contributed by atoms with Crippen LogP contribution >= 0.6 is 0 Å². The minimum absolute atomic E-state index is 0.00444. The lowest BCUT2D eigenvalue weighted by molar-refractivity contribution is 0.0576. The summed E-state index contributed by atoms with van der Waals surface area (Å²) in [6, 6.07) is 10.2. The van der Waals surface area contributed by atoms with Gasteiger partial charge in [0.1, 0.15) is 6.23 Å². The number of ether oxygens (including phenoxy) is 1. The summed E-state index contributed by atoms with van der Waals surface area (Å²) in [4.78, 5) is 0. The molecule has 0 spiro atoms. The summed E-state index contributed by atoms with van der Waals surface area (Å²) < 4.78 is 5.70. The van der Waals surface area contributed by atoms with Gasteiger partial charge in [0.2, 0.25) is 0 Å². The lowest BCUT2D eigenvalue weighted by Crippen LogP contribution is -2.27. The smallest absolute Gasteiger partial charge is 0.147 e. The number of nitrogens with one attached hydrogen (secondary N) is 1. The van der Waals surface area contributed by atoms with E-state index < -0.39 is 0 Å². The van der Waals surface area contributed by atoms with Crippen molar-refractivity contribution < 1.29 is 4.74 Å². The number of hydrogen-bond donors (Lipinski definition) is 1. The molecule has 2 heteroatoms. The van der Waals surface area contributed by atoms with E-state index >= 15 is 0 Å². The second-order valence-corrected chi connectivity index (χ2v) is 3.63. The van der Waals surface area contributed by atoms with Crippen LogP contribution in [-0.4, -0.2) is 6.23 Å². The van der Waals surface area contributed by atoms with Crippen molar-refractivity contribution in [1.29, 1.82) is 0 Å². The predicted octanol–water partition coefficient (Wildman–Crippen LogP) is 2.59. The minimum Gasteiger partial charge on any atom is -0.363 e. The van der Waals surface area contributed by atoms with Crippen molar-refractivity contribution in [3.8, 4) is 0 Å². The predicted molar refractivity (Wildman–Crippen MR) is 61.1 cm³/mol. The maximum Gasteiger partial charge on any atom is 0.147 e. The van der Waals surface area contributed by atoms with Crippen LogP contribution in [0.2, 0.25) is 0 Å². The van der Waals surface area contributed by atoms with E-state index in [2.05, 4.69) is 30.4 Å². The zero-order chi connectivity index (χ0) is 10.5. The Labute approximate surface area is 90.3 Å². The maximum absolute atomic E-state index is 5.70. The SMILES string of the molecule is CC1=CC(OCc2ccccc2)NC=C1. The number of rotatable bonds is 3. The molecule has 0 saturated heterocycles. The summed E-state index contributed by atoms with van der Waals surface area (Å²) in [5.41, 5.74) is 2.42. The highest BCUT2D eigenvalue weighted by atomic mass is 16.5. The van der Waals surface area contributed by atoms with Gasteiger partial charge in [-0.3, -0.25) is 0 Å². The minimum atomic E-state index is -0.00444. The molecule has 0 fully saturated rings. The van der Waals surface area contributed by atoms with Crippen LogP contribution in [0.3, 0.4) is 0 Å². The van der Waals surface area contributed by atoms with Gasteiger partial charge in [-0.15, -0.1) is 0 Å². The molecule has 2 nitrogen and oxygen atoms in total. The van der Waals surface area contributed by atoms with E-state index in [1.165, 1.54) is 11.1 Å². The third-order valence-electron chi connectivity index (χ3n) is 2.29. The maximum atomic E-state index is 5.70. The lowest BCUT2D eigenvalue weighted by atomic mass is 10.2. The van der Waals surface area contributed by atoms with Crippen molar-refractivity contribution in [2.75, 3.05) is 0 Å². The van der Waals surface area contributed by atoms with Crippen LogP contribution in [0.5, 0.6) is 0 Å². The fourth-order valence-electron chi connectivity index (χ4n) is 1.47. The van der Waals surface area contributed by atoms with Gasteiger partial charge in [-0.2, -0.15) is 0 Å². The molecule has 1 aromatic rings. The molecule has 0 bridgehead atoms. The third kappa shape index (κ3) is 2.96. The summed E-state index contributed by atoms with van der Waals surface area (Å²) in [5.74, 6) is 0. The molecule has 1 heterocycles. The van der Waals surface area contributed by atoms with Gasteiger partial charge >= 0.3 is 0 Å². The Morgan fingerprint density at radius 1 is 1.27 bits per heavy atom. The Balaban J connectivity index is 1.87. The lowest BCUT2D eigenvalue weighted by Gasteiger charge is -2.18. The van der Waals surface area contributed by atoms with Crippen molar-refractivity contribution in [2.45, 2.75) is 19.8 Å². The van der Waals surface area contributed by atoms with E-state index in [1.807, 2.05) is 30.5 Å². The van der Waals surface area contributed by atoms with Gasteiger partial charge < -0.3 is 10.1 Å². The molecule has 0 amide bonds. The van der Waals surface area contributed by atoms with E-state index in [0.29, 0.717) is 6.61 Å². The van der Waals surface area contributed by atoms with Gasteiger partial charge in [0.25, 0.3) is 0 Å². The first-order valence-electron chi connectivity index (χ1n) is 5.11. The van der Waals surface area contributed by atoms with Crippen LogP contribution < -0.4 is 5.32 Å². The Morgan fingerprint density at radius 3 is 2.80 bits per heavy atom. The van der Waals surface area contributed by atoms with Crippen molar-refractivity contribution in [1.82, 2.24) is 5.32 Å². The van der Waals surface area contributed by atoms with Gasteiger partial charge in [0.05, 0.1) is 6.61 Å². The van der Waals surface area contributed by atoms with Crippen LogP contribution in [-0.2, 0) is 11.3 Å². The number of allylic oxidation sites excluding steroid dienone is 2. The van der Waals surface area contributed by atoms with Gasteiger partial charge in [0.15, 0.2) is 0 Å². The highest BCUT2D eigenvalue weighted by Gasteiger charge is 2.06. The number of hydrogen-bond acceptors (Lipinski definition) is 2. The summed E-state index contributed by atoms with van der Waals surface area (Å²) in [6.45, 7) is 2.70. The second-order valence-electron chi connectivity index (χ2n) is 3.63. The molecule has 1 aliphatic heterocycles. The first-order chi connectivity index (χ1) is 7.34. The van der Waals surface area contributed by atoms with Crippen LogP contribution in [0.1, 0.15) is 12.5 Å². The molecule has 0 saturated carbocycles. The van der Waals surface area contributed by atoms with Crippen LogP contribution in [0.25, 0.3) is 0 Å². The van der Waals surface area contributed by atoms with Gasteiger partial charge in [-0.25, -0.2) is 0 Å². The van der Waals surface area contributed by atoms with Gasteiger partial charge in [-0.05, 0) is 36.4 Å². The summed E-state index contributed by atoms with van der Waals surface area (Å²) in [5, 5.41) is 3.14. The summed E-state index contributed by atoms with van der Waals surface area (Å²) >= 11 is 0. The molecule has 1 aromatic carbocycles. The molecule has 0 aliphatic carbocycles. The summed E-state index contributed by atoms with van der Waals surface area (Å²) in [7, 11) is 0. The Hall–Kier alpha value is -1.54. The molecule has 2 rings (SSSR count). The van der Waals surface area contributed by atoms with E-state index in [4.69, 9.17) is 4.74 Å². The molecule has 1 aliphatic rings. The first kappa shape index (κ1) is 9.99. The molecule has 15 heavy (non-hydrogen) atoms. The zero-order valence-electron chi connectivity index (χ0n) is 8.81. The van der Waals surface area contributed by atoms with Gasteiger partial charge in [-0.1, -0.05) is 30.3 Å².